The van der Waals surface area contributed by atoms with Crippen LogP contribution >= 0.6 is 8.46 Å². The summed E-state index contributed by atoms with van der Waals surface area (Å²) in [5.74, 6) is -0.969. The van der Waals surface area contributed by atoms with Gasteiger partial charge in [0.2, 0.25) is 0 Å². The van der Waals surface area contributed by atoms with Gasteiger partial charge in [0.05, 0.1) is 18.2 Å². The molecule has 1 fully saturated rings. The second-order valence-corrected chi connectivity index (χ2v) is 6.91. The van der Waals surface area contributed by atoms with Crippen molar-refractivity contribution in [3.05, 3.63) is 35.4 Å². The minimum Gasteiger partial charge on any atom is -0.478 e. The van der Waals surface area contributed by atoms with E-state index in [1.54, 1.807) is 18.2 Å². The maximum absolute atomic E-state index is 11.4. The maximum Gasteiger partial charge on any atom is 0.362 e. The number of ether oxygens (including phenoxy) is 1. The van der Waals surface area contributed by atoms with E-state index in [1.807, 2.05) is 13.0 Å². The van der Waals surface area contributed by atoms with Crippen LogP contribution in [-0.2, 0) is 9.30 Å². The van der Waals surface area contributed by atoms with E-state index in [9.17, 15) is 14.5 Å². The molecule has 126 valence electrons. The first kappa shape index (κ1) is 18.0. The summed E-state index contributed by atoms with van der Waals surface area (Å²) >= 11 is 0. The van der Waals surface area contributed by atoms with E-state index in [0.717, 1.165) is 18.4 Å². The normalized spacial score (nSPS) is 24.3. The molecule has 0 radical (unpaired) electrons. The summed E-state index contributed by atoms with van der Waals surface area (Å²) in [4.78, 5) is 11.0. The largest absolute Gasteiger partial charge is 0.478 e. The average Bonchev–Trinajstić information content (AvgIpc) is 2.60. The van der Waals surface area contributed by atoms with Crippen LogP contribution in [0.2, 0.25) is 0 Å². The van der Waals surface area contributed by atoms with Crippen LogP contribution in [0, 0.1) is 0 Å². The van der Waals surface area contributed by atoms with Crippen molar-refractivity contribution in [2.45, 2.75) is 43.7 Å². The Balaban J connectivity index is 2.01. The number of morpholine rings is 1. The Labute approximate surface area is 137 Å². The lowest BCUT2D eigenvalue weighted by Crippen LogP contribution is -2.51. The molecule has 4 atom stereocenters. The molecule has 0 amide bonds. The summed E-state index contributed by atoms with van der Waals surface area (Å²) in [6.45, 7) is 2.68. The number of benzene rings is 1. The minimum atomic E-state index is -1.32. The van der Waals surface area contributed by atoms with Crippen molar-refractivity contribution in [1.82, 2.24) is 5.32 Å². The summed E-state index contributed by atoms with van der Waals surface area (Å²) < 4.78 is 17.2. The zero-order valence-electron chi connectivity index (χ0n) is 13.1. The van der Waals surface area contributed by atoms with Gasteiger partial charge in [-0.1, -0.05) is 30.0 Å². The molecule has 23 heavy (non-hydrogen) atoms. The highest BCUT2D eigenvalue weighted by molar-refractivity contribution is 7.25. The molecule has 0 bridgehead atoms. The third-order valence-electron chi connectivity index (χ3n) is 4.17. The van der Waals surface area contributed by atoms with Gasteiger partial charge in [0, 0.05) is 13.0 Å². The number of unbranched alkanes of at least 4 members (excludes halogenated alkanes) is 1. The molecule has 0 spiro atoms. The topological polar surface area (TPSA) is 95.9 Å². The number of hydrogen-bond donors (Lipinski definition) is 3. The number of hydrogen-bond acceptors (Lipinski definition) is 5. The third kappa shape index (κ3) is 4.36. The van der Waals surface area contributed by atoms with Crippen LogP contribution in [-0.4, -0.2) is 40.8 Å². The van der Waals surface area contributed by atoms with E-state index in [1.165, 1.54) is 0 Å². The van der Waals surface area contributed by atoms with Gasteiger partial charge < -0.3 is 20.3 Å². The van der Waals surface area contributed by atoms with E-state index in [2.05, 4.69) is 5.32 Å². The van der Waals surface area contributed by atoms with Crippen LogP contribution in [0.1, 0.15) is 48.1 Å². The highest BCUT2D eigenvalue weighted by Gasteiger charge is 2.47. The predicted octanol–water partition coefficient (Wildman–Crippen LogP) is 2.32. The molecule has 0 aliphatic carbocycles. The predicted molar refractivity (Wildman–Crippen MR) is 87.4 cm³/mol. The van der Waals surface area contributed by atoms with Crippen molar-refractivity contribution in [1.29, 1.82) is 0 Å². The second kappa shape index (κ2) is 7.97. The molecule has 2 unspecified atom stereocenters. The van der Waals surface area contributed by atoms with E-state index in [-0.39, 0.29) is 11.6 Å². The Bertz CT molecular complexity index is 559. The summed E-state index contributed by atoms with van der Waals surface area (Å²) in [6.07, 6.45) is 1.62. The van der Waals surface area contributed by atoms with Gasteiger partial charge >= 0.3 is 14.4 Å². The smallest absolute Gasteiger partial charge is 0.362 e. The van der Waals surface area contributed by atoms with E-state index in [0.29, 0.717) is 19.6 Å². The van der Waals surface area contributed by atoms with Crippen LogP contribution in [0.4, 0.5) is 0 Å². The number of rotatable bonds is 7. The fourth-order valence-electron chi connectivity index (χ4n) is 2.71. The van der Waals surface area contributed by atoms with E-state index in [4.69, 9.17) is 9.84 Å². The number of carboxylic acid groups (broad SMARTS) is 1. The van der Waals surface area contributed by atoms with Crippen molar-refractivity contribution in [2.24, 2.45) is 0 Å². The van der Waals surface area contributed by atoms with Crippen LogP contribution in [0.25, 0.3) is 0 Å². The Morgan fingerprint density at radius 2 is 2.30 bits per heavy atom. The lowest BCUT2D eigenvalue weighted by molar-refractivity contribution is -0.0891. The van der Waals surface area contributed by atoms with Gasteiger partial charge in [0.15, 0.2) is 0 Å². The Hall–Kier alpha value is -1.33. The monoisotopic (exact) mass is 340 g/mol. The van der Waals surface area contributed by atoms with E-state index >= 15 is 0 Å². The molecule has 0 saturated carbocycles. The molecule has 7 heteroatoms. The molecule has 2 rings (SSSR count). The summed E-state index contributed by atoms with van der Waals surface area (Å²) in [6, 6.07) is 6.55. The van der Waals surface area contributed by atoms with Gasteiger partial charge in [-0.2, -0.15) is 0 Å². The van der Waals surface area contributed by atoms with Crippen LogP contribution < -0.4 is 5.32 Å². The zero-order valence-corrected chi connectivity index (χ0v) is 14.1. The SMILES string of the molecule is CCCCC(O)([PH+]=O)[C@@H]1CN[C@H](c2cccc(C(=O)O)c2)CO1. The van der Waals surface area contributed by atoms with Crippen molar-refractivity contribution in [3.8, 4) is 0 Å². The van der Waals surface area contributed by atoms with Crippen molar-refractivity contribution >= 4 is 14.4 Å². The van der Waals surface area contributed by atoms with Gasteiger partial charge in [-0.25, -0.2) is 4.79 Å². The molecular formula is C16H23NO5P+. The number of aromatic carboxylic acids is 1. The summed E-state index contributed by atoms with van der Waals surface area (Å²) in [5, 5.41) is 21.5. The number of aliphatic hydroxyl groups is 1. The Morgan fingerprint density at radius 1 is 1.52 bits per heavy atom. The average molecular weight is 340 g/mol. The first-order chi connectivity index (χ1) is 11.0. The van der Waals surface area contributed by atoms with Crippen LogP contribution in [0.3, 0.4) is 0 Å². The quantitative estimate of drug-likeness (QED) is 0.659. The Morgan fingerprint density at radius 3 is 2.87 bits per heavy atom. The van der Waals surface area contributed by atoms with Crippen LogP contribution in [0.5, 0.6) is 0 Å². The van der Waals surface area contributed by atoms with Gasteiger partial charge in [-0.15, -0.1) is 0 Å². The van der Waals surface area contributed by atoms with Gasteiger partial charge in [0.25, 0.3) is 5.34 Å². The highest BCUT2D eigenvalue weighted by atomic mass is 31.1. The molecule has 0 aromatic heterocycles. The fourth-order valence-corrected chi connectivity index (χ4v) is 3.31. The first-order valence-electron chi connectivity index (χ1n) is 7.80. The lowest BCUT2D eigenvalue weighted by atomic mass is 10.0. The van der Waals surface area contributed by atoms with Gasteiger partial charge in [-0.05, 0) is 24.1 Å². The summed E-state index contributed by atoms with van der Waals surface area (Å²) in [5.41, 5.74) is 1.05. The molecule has 6 nitrogen and oxygen atoms in total. The Kier molecular flexibility index (Phi) is 6.25. The van der Waals surface area contributed by atoms with Gasteiger partial charge in [-0.3, -0.25) is 0 Å². The molecule has 1 saturated heterocycles. The molecule has 1 heterocycles. The second-order valence-electron chi connectivity index (χ2n) is 5.84. The molecule has 1 aliphatic heterocycles. The number of carboxylic acids is 1. The summed E-state index contributed by atoms with van der Waals surface area (Å²) in [7, 11) is -0.841. The number of carbonyl (C=O) groups is 1. The maximum atomic E-state index is 11.4. The molecular weight excluding hydrogens is 317 g/mol. The number of nitrogens with one attached hydrogen (secondary N) is 1. The fraction of sp³-hybridized carbons (Fsp3) is 0.562. The van der Waals surface area contributed by atoms with Crippen molar-refractivity contribution < 1.29 is 24.3 Å². The highest BCUT2D eigenvalue weighted by Crippen LogP contribution is 2.34. The zero-order chi connectivity index (χ0) is 16.9. The van der Waals surface area contributed by atoms with Crippen LogP contribution in [0.15, 0.2) is 24.3 Å². The third-order valence-corrected chi connectivity index (χ3v) is 5.10. The molecule has 1 aliphatic rings. The molecule has 1 aromatic rings. The van der Waals surface area contributed by atoms with Gasteiger partial charge in [0.1, 0.15) is 6.10 Å². The first-order valence-corrected chi connectivity index (χ1v) is 8.71. The molecule has 3 N–H and O–H groups in total. The standard InChI is InChI=1S/C16H22NO5P/c1-2-3-7-16(20,23-21)14-9-17-13(10-22-14)11-5-4-6-12(8-11)15(18)19/h4-6,8,13-14,17,20H,2-3,7,9-10H2,1H3,(H,18,19)/p+1/t13-,14-,16?/m0/s1. The van der Waals surface area contributed by atoms with E-state index < -0.39 is 25.9 Å². The lowest BCUT2D eigenvalue weighted by Gasteiger charge is -2.34. The molecule has 1 aromatic carbocycles. The van der Waals surface area contributed by atoms with Crippen molar-refractivity contribution in [2.75, 3.05) is 13.2 Å². The minimum absolute atomic E-state index is 0.143. The van der Waals surface area contributed by atoms with Crippen molar-refractivity contribution in [3.63, 3.8) is 0 Å².